The van der Waals surface area contributed by atoms with Crippen molar-refractivity contribution in [3.63, 3.8) is 0 Å². The Kier molecular flexibility index (Phi) is 11.5. The Labute approximate surface area is 155 Å². The molecule has 0 aliphatic rings. The zero-order valence-electron chi connectivity index (χ0n) is 16.4. The van der Waals surface area contributed by atoms with E-state index in [2.05, 4.69) is 0 Å². The van der Waals surface area contributed by atoms with Crippen LogP contribution in [0.25, 0.3) is 0 Å². The fourth-order valence-corrected chi connectivity index (χ4v) is 3.35. The third-order valence-electron chi connectivity index (χ3n) is 3.76. The van der Waals surface area contributed by atoms with Gasteiger partial charge in [-0.2, -0.15) is 0 Å². The molecule has 0 fully saturated rings. The van der Waals surface area contributed by atoms with Gasteiger partial charge in [-0.15, -0.1) is 0 Å². The number of ether oxygens (including phenoxy) is 4. The normalized spacial score (nSPS) is 12.0. The van der Waals surface area contributed by atoms with Crippen LogP contribution < -0.4 is 0 Å². The molecule has 154 valence electrons. The molecule has 0 heterocycles. The van der Waals surface area contributed by atoms with Crippen molar-refractivity contribution in [1.82, 2.24) is 0 Å². The molecule has 0 atom stereocenters. The molecule has 9 nitrogen and oxygen atoms in total. The number of hydrogen-bond acceptors (Lipinski definition) is 9. The van der Waals surface area contributed by atoms with Crippen LogP contribution in [0.5, 0.6) is 0 Å². The maximum absolute atomic E-state index is 12.5. The van der Waals surface area contributed by atoms with Crippen molar-refractivity contribution in [3.8, 4) is 0 Å². The highest BCUT2D eigenvalue weighted by Crippen LogP contribution is 2.42. The Morgan fingerprint density at radius 3 is 1.23 bits per heavy atom. The molecule has 0 N–H and O–H groups in total. The number of carbonyl (C=O) groups is 2. The molecule has 10 heteroatoms. The third-order valence-corrected chi connectivity index (χ3v) is 4.83. The second kappa shape index (κ2) is 12.1. The van der Waals surface area contributed by atoms with Gasteiger partial charge < -0.3 is 18.9 Å². The molecule has 0 saturated carbocycles. The van der Waals surface area contributed by atoms with Crippen molar-refractivity contribution in [2.45, 2.75) is 78.8 Å². The Hall–Kier alpha value is -1.31. The van der Waals surface area contributed by atoms with Gasteiger partial charge in [-0.05, 0) is 13.8 Å². The minimum absolute atomic E-state index is 0.135. The molecule has 0 aliphatic heterocycles. The van der Waals surface area contributed by atoms with E-state index in [1.54, 1.807) is 41.5 Å². The van der Waals surface area contributed by atoms with Gasteiger partial charge in [0, 0.05) is 25.7 Å². The minimum Gasteiger partial charge on any atom is -0.435 e. The van der Waals surface area contributed by atoms with Crippen LogP contribution in [0.15, 0.2) is 0 Å². The van der Waals surface area contributed by atoms with Gasteiger partial charge in [0.1, 0.15) is 0 Å². The Morgan fingerprint density at radius 1 is 0.692 bits per heavy atom. The summed E-state index contributed by atoms with van der Waals surface area (Å²) < 4.78 is 43.2. The number of rotatable bonds is 12. The quantitative estimate of drug-likeness (QED) is 0.260. The van der Waals surface area contributed by atoms with Crippen LogP contribution >= 0.6 is 8.25 Å². The smallest absolute Gasteiger partial charge is 0.435 e. The predicted molar refractivity (Wildman–Crippen MR) is 94.0 cm³/mol. The average molecular weight is 398 g/mol. The lowest BCUT2D eigenvalue weighted by molar-refractivity contribution is -0.190. The third kappa shape index (κ3) is 7.93. The Morgan fingerprint density at radius 2 is 1.00 bits per heavy atom. The molecule has 0 amide bonds. The lowest BCUT2D eigenvalue weighted by Crippen LogP contribution is -2.38. The van der Waals surface area contributed by atoms with Gasteiger partial charge in [0.15, 0.2) is 0 Å². The summed E-state index contributed by atoms with van der Waals surface area (Å²) in [6.45, 7) is 10.4. The molecule has 0 aromatic heterocycles. The molecule has 0 aromatic carbocycles. The number of carbonyl (C=O) groups excluding carboxylic acids is 2. The standard InChI is InChI=1S/C16H31O9P/c1-7-15(8-2,22-13(17)20-11-5)24-26(19)25-16(9-3,10-4)23-14(18)21-12-6/h26H,7-12H2,1-6H3. The molecule has 0 rings (SSSR count). The molecule has 0 saturated heterocycles. The maximum Gasteiger partial charge on any atom is 0.510 e. The van der Waals surface area contributed by atoms with Gasteiger partial charge in [0.25, 0.3) is 0 Å². The molecule has 26 heavy (non-hydrogen) atoms. The number of hydrogen-bond donors (Lipinski definition) is 0. The molecular formula is C16H31O9P. The van der Waals surface area contributed by atoms with E-state index in [1.165, 1.54) is 0 Å². The van der Waals surface area contributed by atoms with Crippen molar-refractivity contribution in [2.24, 2.45) is 0 Å². The lowest BCUT2D eigenvalue weighted by atomic mass is 10.1. The van der Waals surface area contributed by atoms with Gasteiger partial charge >= 0.3 is 20.6 Å². The Balaban J connectivity index is 5.15. The zero-order chi connectivity index (χ0) is 20.2. The van der Waals surface area contributed by atoms with Crippen molar-refractivity contribution in [2.75, 3.05) is 13.2 Å². The van der Waals surface area contributed by atoms with Crippen molar-refractivity contribution >= 4 is 20.6 Å². The van der Waals surface area contributed by atoms with E-state index in [0.29, 0.717) is 0 Å². The SMILES string of the molecule is CCOC(=O)OC(CC)(CC)O[PH](=O)OC(CC)(CC)OC(=O)OCC. The summed E-state index contributed by atoms with van der Waals surface area (Å²) in [5.74, 6) is -2.92. The van der Waals surface area contributed by atoms with E-state index < -0.39 is 32.1 Å². The molecule has 0 unspecified atom stereocenters. The largest absolute Gasteiger partial charge is 0.510 e. The monoisotopic (exact) mass is 398 g/mol. The van der Waals surface area contributed by atoms with Crippen LogP contribution in [0.4, 0.5) is 9.59 Å². The van der Waals surface area contributed by atoms with Gasteiger partial charge in [-0.1, -0.05) is 27.7 Å². The van der Waals surface area contributed by atoms with Crippen LogP contribution in [0.2, 0.25) is 0 Å². The molecule has 0 radical (unpaired) electrons. The van der Waals surface area contributed by atoms with E-state index >= 15 is 0 Å². The maximum atomic E-state index is 12.5. The lowest BCUT2D eigenvalue weighted by Gasteiger charge is -2.34. The first-order valence-electron chi connectivity index (χ1n) is 8.89. The van der Waals surface area contributed by atoms with E-state index in [1.807, 2.05) is 0 Å². The summed E-state index contributed by atoms with van der Waals surface area (Å²) in [5, 5.41) is 0. The second-order valence-corrected chi connectivity index (χ2v) is 6.17. The van der Waals surface area contributed by atoms with Crippen molar-refractivity contribution in [1.29, 1.82) is 0 Å². The summed E-state index contributed by atoms with van der Waals surface area (Å²) >= 11 is 0. The van der Waals surface area contributed by atoms with Crippen LogP contribution in [0, 0.1) is 0 Å². The van der Waals surface area contributed by atoms with E-state index in [0.717, 1.165) is 0 Å². The molecule has 0 bridgehead atoms. The van der Waals surface area contributed by atoms with Crippen LogP contribution in [0.1, 0.15) is 67.2 Å². The van der Waals surface area contributed by atoms with E-state index in [-0.39, 0.29) is 38.9 Å². The Bertz CT molecular complexity index is 419. The topological polar surface area (TPSA) is 107 Å². The van der Waals surface area contributed by atoms with E-state index in [4.69, 9.17) is 28.0 Å². The summed E-state index contributed by atoms with van der Waals surface area (Å²) in [4.78, 5) is 23.3. The van der Waals surface area contributed by atoms with Crippen LogP contribution in [0.3, 0.4) is 0 Å². The van der Waals surface area contributed by atoms with Gasteiger partial charge in [-0.25, -0.2) is 9.59 Å². The molecule has 0 aliphatic carbocycles. The summed E-state index contributed by atoms with van der Waals surface area (Å²) in [7, 11) is -3.19. The highest BCUT2D eigenvalue weighted by Gasteiger charge is 2.40. The second-order valence-electron chi connectivity index (χ2n) is 5.26. The fraction of sp³-hybridized carbons (Fsp3) is 0.875. The first-order chi connectivity index (χ1) is 12.3. The predicted octanol–water partition coefficient (Wildman–Crippen LogP) is 4.79. The summed E-state index contributed by atoms with van der Waals surface area (Å²) in [6.07, 6.45) is -0.937. The first-order valence-corrected chi connectivity index (χ1v) is 10.1. The minimum atomic E-state index is -3.19. The zero-order valence-corrected chi connectivity index (χ0v) is 17.4. The highest BCUT2D eigenvalue weighted by molar-refractivity contribution is 7.33. The van der Waals surface area contributed by atoms with E-state index in [9.17, 15) is 14.2 Å². The molecular weight excluding hydrogens is 367 g/mol. The van der Waals surface area contributed by atoms with Crippen molar-refractivity contribution < 1.29 is 42.1 Å². The highest BCUT2D eigenvalue weighted by atomic mass is 31.1. The van der Waals surface area contributed by atoms with Gasteiger partial charge in [-0.3, -0.25) is 13.6 Å². The van der Waals surface area contributed by atoms with Gasteiger partial charge in [0.2, 0.25) is 11.6 Å². The van der Waals surface area contributed by atoms with Crippen LogP contribution in [-0.2, 0) is 32.6 Å². The first kappa shape index (κ1) is 24.7. The summed E-state index contributed by atoms with van der Waals surface area (Å²) in [6, 6.07) is 0. The van der Waals surface area contributed by atoms with Crippen molar-refractivity contribution in [3.05, 3.63) is 0 Å². The van der Waals surface area contributed by atoms with Gasteiger partial charge in [0.05, 0.1) is 13.2 Å². The molecule has 0 aromatic rings. The molecule has 0 spiro atoms. The average Bonchev–Trinajstić information content (AvgIpc) is 2.60. The van der Waals surface area contributed by atoms with Crippen LogP contribution in [-0.4, -0.2) is 37.1 Å². The summed E-state index contributed by atoms with van der Waals surface area (Å²) in [5.41, 5.74) is 0. The fourth-order valence-electron chi connectivity index (χ4n) is 2.04.